The first kappa shape index (κ1) is 22.5. The van der Waals surface area contributed by atoms with Crippen LogP contribution in [0.1, 0.15) is 6.92 Å². The van der Waals surface area contributed by atoms with Crippen LogP contribution >= 0.6 is 0 Å². The van der Waals surface area contributed by atoms with Crippen molar-refractivity contribution in [3.8, 4) is 22.8 Å². The van der Waals surface area contributed by atoms with E-state index in [0.717, 1.165) is 49.0 Å². The molecule has 8 nitrogen and oxygen atoms in total. The minimum atomic E-state index is -0.662. The van der Waals surface area contributed by atoms with Crippen LogP contribution in [-0.4, -0.2) is 67.4 Å². The molecule has 3 aromatic rings. The van der Waals surface area contributed by atoms with Crippen LogP contribution in [0.15, 0.2) is 60.7 Å². The molecule has 0 aliphatic carbocycles. The Morgan fingerprint density at radius 3 is 2.36 bits per heavy atom. The van der Waals surface area contributed by atoms with Gasteiger partial charge < -0.3 is 24.6 Å². The average Bonchev–Trinajstić information content (AvgIpc) is 2.85. The number of benzene rings is 2. The summed E-state index contributed by atoms with van der Waals surface area (Å²) >= 11 is 0. The molecule has 1 fully saturated rings. The van der Waals surface area contributed by atoms with Gasteiger partial charge >= 0.3 is 0 Å². The molecule has 33 heavy (non-hydrogen) atoms. The van der Waals surface area contributed by atoms with Crippen molar-refractivity contribution in [3.05, 3.63) is 60.7 Å². The number of anilines is 2. The van der Waals surface area contributed by atoms with Gasteiger partial charge in [0.05, 0.1) is 12.8 Å². The summed E-state index contributed by atoms with van der Waals surface area (Å²) in [5.74, 6) is 1.99. The molecule has 0 spiro atoms. The number of carbonyl (C=O) groups excluding carboxylic acids is 1. The lowest BCUT2D eigenvalue weighted by molar-refractivity contribution is -0.122. The molecule has 1 unspecified atom stereocenters. The average molecular weight is 448 g/mol. The number of nitrogens with zero attached hydrogens (tertiary/aromatic N) is 4. The topological polar surface area (TPSA) is 79.8 Å². The van der Waals surface area contributed by atoms with E-state index in [-0.39, 0.29) is 5.91 Å². The number of hydrogen-bond donors (Lipinski definition) is 1. The first-order valence-electron chi connectivity index (χ1n) is 11.0. The summed E-state index contributed by atoms with van der Waals surface area (Å²) in [6, 6.07) is 18.7. The molecule has 8 heteroatoms. The highest BCUT2D eigenvalue weighted by atomic mass is 16.5. The zero-order valence-electron chi connectivity index (χ0n) is 19.2. The van der Waals surface area contributed by atoms with Crippen molar-refractivity contribution in [2.75, 3.05) is 50.6 Å². The number of piperazine rings is 1. The van der Waals surface area contributed by atoms with Gasteiger partial charge in [0.1, 0.15) is 11.5 Å². The van der Waals surface area contributed by atoms with Crippen molar-refractivity contribution in [3.63, 3.8) is 0 Å². The van der Waals surface area contributed by atoms with E-state index in [1.165, 1.54) is 0 Å². The maximum Gasteiger partial charge on any atom is 0.265 e. The Morgan fingerprint density at radius 1 is 0.970 bits per heavy atom. The number of nitrogens with one attached hydrogen (secondary N) is 1. The van der Waals surface area contributed by atoms with Gasteiger partial charge in [-0.2, -0.15) is 0 Å². The van der Waals surface area contributed by atoms with Gasteiger partial charge in [-0.25, -0.2) is 0 Å². The van der Waals surface area contributed by atoms with E-state index < -0.39 is 6.10 Å². The van der Waals surface area contributed by atoms with Gasteiger partial charge in [-0.15, -0.1) is 10.2 Å². The first-order valence-corrected chi connectivity index (χ1v) is 11.0. The predicted molar refractivity (Wildman–Crippen MR) is 129 cm³/mol. The van der Waals surface area contributed by atoms with Crippen molar-refractivity contribution < 1.29 is 14.3 Å². The minimum Gasteiger partial charge on any atom is -0.497 e. The van der Waals surface area contributed by atoms with Gasteiger partial charge in [-0.1, -0.05) is 12.1 Å². The van der Waals surface area contributed by atoms with Crippen LogP contribution in [-0.2, 0) is 4.79 Å². The lowest BCUT2D eigenvalue weighted by atomic mass is 10.1. The smallest absolute Gasteiger partial charge is 0.265 e. The van der Waals surface area contributed by atoms with Gasteiger partial charge in [-0.05, 0) is 62.5 Å². The Labute approximate surface area is 194 Å². The molecule has 1 atom stereocenters. The van der Waals surface area contributed by atoms with Crippen LogP contribution in [0.5, 0.6) is 11.5 Å². The third kappa shape index (κ3) is 5.78. The van der Waals surface area contributed by atoms with Crippen LogP contribution in [0.4, 0.5) is 11.5 Å². The quantitative estimate of drug-likeness (QED) is 0.595. The first-order chi connectivity index (χ1) is 16.0. The molecule has 1 aliphatic heterocycles. The van der Waals surface area contributed by atoms with Crippen LogP contribution < -0.4 is 19.7 Å². The van der Waals surface area contributed by atoms with Crippen molar-refractivity contribution >= 4 is 17.4 Å². The predicted octanol–water partition coefficient (Wildman–Crippen LogP) is 3.31. The molecule has 1 amide bonds. The zero-order valence-corrected chi connectivity index (χ0v) is 19.2. The number of likely N-dealkylation sites (N-methyl/N-ethyl adjacent to an activating group) is 1. The number of aromatic nitrogens is 2. The number of hydrogen-bond acceptors (Lipinski definition) is 7. The maximum atomic E-state index is 12.6. The maximum absolute atomic E-state index is 12.6. The summed E-state index contributed by atoms with van der Waals surface area (Å²) in [5.41, 5.74) is 2.31. The van der Waals surface area contributed by atoms with Crippen LogP contribution in [0.2, 0.25) is 0 Å². The molecule has 2 heterocycles. The highest BCUT2D eigenvalue weighted by molar-refractivity contribution is 5.94. The summed E-state index contributed by atoms with van der Waals surface area (Å²) in [6.07, 6.45) is -0.662. The highest BCUT2D eigenvalue weighted by Crippen LogP contribution is 2.23. The molecule has 1 aliphatic rings. The van der Waals surface area contributed by atoms with E-state index in [9.17, 15) is 4.79 Å². The Hall–Kier alpha value is -3.65. The fourth-order valence-electron chi connectivity index (χ4n) is 3.60. The van der Waals surface area contributed by atoms with E-state index in [2.05, 4.69) is 32.4 Å². The van der Waals surface area contributed by atoms with Crippen LogP contribution in [0, 0.1) is 0 Å². The van der Waals surface area contributed by atoms with Gasteiger partial charge in [0.15, 0.2) is 11.9 Å². The van der Waals surface area contributed by atoms with Crippen LogP contribution in [0.25, 0.3) is 11.3 Å². The molecule has 1 aromatic heterocycles. The molecule has 0 saturated carbocycles. The lowest BCUT2D eigenvalue weighted by Crippen LogP contribution is -2.44. The largest absolute Gasteiger partial charge is 0.497 e. The Morgan fingerprint density at radius 2 is 1.70 bits per heavy atom. The summed E-state index contributed by atoms with van der Waals surface area (Å²) in [4.78, 5) is 17.2. The molecule has 172 valence electrons. The second-order valence-electron chi connectivity index (χ2n) is 8.07. The van der Waals surface area contributed by atoms with Gasteiger partial charge in [0.2, 0.25) is 0 Å². The van der Waals surface area contributed by atoms with Crippen molar-refractivity contribution in [2.24, 2.45) is 0 Å². The fourth-order valence-corrected chi connectivity index (χ4v) is 3.60. The van der Waals surface area contributed by atoms with Crippen LogP contribution in [0.3, 0.4) is 0 Å². The van der Waals surface area contributed by atoms with E-state index in [1.54, 1.807) is 38.3 Å². The van der Waals surface area contributed by atoms with Gasteiger partial charge in [0, 0.05) is 37.4 Å². The number of amides is 1. The Balaban J connectivity index is 1.38. The Kier molecular flexibility index (Phi) is 7.04. The highest BCUT2D eigenvalue weighted by Gasteiger charge is 2.17. The Bertz CT molecular complexity index is 1060. The fraction of sp³-hybridized carbons (Fsp3) is 0.320. The van der Waals surface area contributed by atoms with E-state index in [4.69, 9.17) is 9.47 Å². The standard InChI is InChI=1S/C25H29N5O3/c1-18(33-22-9-7-21(32-3)8-10-22)25(31)26-20-6-4-5-19(17-20)23-11-12-24(28-27-23)30-15-13-29(2)14-16-30/h4-12,17-18H,13-16H2,1-3H3,(H,26,31). The SMILES string of the molecule is COc1ccc(OC(C)C(=O)Nc2cccc(-c3ccc(N4CCN(C)CC4)nn3)c2)cc1. The number of rotatable bonds is 7. The third-order valence-corrected chi connectivity index (χ3v) is 5.65. The summed E-state index contributed by atoms with van der Waals surface area (Å²) in [6.45, 7) is 5.65. The van der Waals surface area contributed by atoms with Gasteiger partial charge in [0.25, 0.3) is 5.91 Å². The molecule has 0 radical (unpaired) electrons. The summed E-state index contributed by atoms with van der Waals surface area (Å²) in [7, 11) is 3.73. The third-order valence-electron chi connectivity index (χ3n) is 5.65. The number of carbonyl (C=O) groups is 1. The minimum absolute atomic E-state index is 0.237. The normalized spacial score (nSPS) is 15.1. The van der Waals surface area contributed by atoms with Crippen molar-refractivity contribution in [1.29, 1.82) is 0 Å². The van der Waals surface area contributed by atoms with Crippen molar-refractivity contribution in [2.45, 2.75) is 13.0 Å². The van der Waals surface area contributed by atoms with E-state index in [0.29, 0.717) is 11.4 Å². The second-order valence-corrected chi connectivity index (χ2v) is 8.07. The zero-order chi connectivity index (χ0) is 23.2. The molecule has 1 saturated heterocycles. The molecule has 4 rings (SSSR count). The molecule has 2 aromatic carbocycles. The van der Waals surface area contributed by atoms with E-state index in [1.807, 2.05) is 36.4 Å². The number of methoxy groups -OCH3 is 1. The summed E-state index contributed by atoms with van der Waals surface area (Å²) in [5, 5.41) is 11.8. The lowest BCUT2D eigenvalue weighted by Gasteiger charge is -2.32. The van der Waals surface area contributed by atoms with Gasteiger partial charge in [-0.3, -0.25) is 4.79 Å². The molecular formula is C25H29N5O3. The van der Waals surface area contributed by atoms with Crippen molar-refractivity contribution in [1.82, 2.24) is 15.1 Å². The molecule has 1 N–H and O–H groups in total. The molecular weight excluding hydrogens is 418 g/mol. The molecule has 0 bridgehead atoms. The summed E-state index contributed by atoms with van der Waals surface area (Å²) < 4.78 is 10.9. The number of ether oxygens (including phenoxy) is 2. The van der Waals surface area contributed by atoms with E-state index >= 15 is 0 Å². The second kappa shape index (κ2) is 10.3. The monoisotopic (exact) mass is 447 g/mol.